The SMILES string of the molecule is CC(C)c1cc(Nc2cccnc2)cc(C(C)(C)C)c1O. The van der Waals surface area contributed by atoms with Crippen molar-refractivity contribution in [1.82, 2.24) is 4.98 Å². The van der Waals surface area contributed by atoms with E-state index in [0.717, 1.165) is 22.5 Å². The highest BCUT2D eigenvalue weighted by molar-refractivity contribution is 5.64. The first-order valence-electron chi connectivity index (χ1n) is 7.33. The molecule has 0 saturated carbocycles. The summed E-state index contributed by atoms with van der Waals surface area (Å²) in [4.78, 5) is 4.12. The lowest BCUT2D eigenvalue weighted by atomic mass is 9.83. The van der Waals surface area contributed by atoms with Crippen LogP contribution in [0.3, 0.4) is 0 Å². The topological polar surface area (TPSA) is 45.2 Å². The van der Waals surface area contributed by atoms with Crippen LogP contribution in [0.1, 0.15) is 51.7 Å². The number of hydrogen-bond acceptors (Lipinski definition) is 3. The van der Waals surface area contributed by atoms with Crippen molar-refractivity contribution in [2.24, 2.45) is 0 Å². The molecule has 2 aromatic rings. The summed E-state index contributed by atoms with van der Waals surface area (Å²) in [6.45, 7) is 10.5. The van der Waals surface area contributed by atoms with E-state index in [4.69, 9.17) is 0 Å². The minimum absolute atomic E-state index is 0.111. The highest BCUT2D eigenvalue weighted by Gasteiger charge is 2.22. The summed E-state index contributed by atoms with van der Waals surface area (Å²) in [5.74, 6) is 0.677. The third-order valence-electron chi connectivity index (χ3n) is 3.52. The quantitative estimate of drug-likeness (QED) is 0.784. The molecule has 0 spiro atoms. The van der Waals surface area contributed by atoms with Gasteiger partial charge in [0, 0.05) is 17.4 Å². The average Bonchev–Trinajstić information content (AvgIpc) is 2.40. The smallest absolute Gasteiger partial charge is 0.122 e. The van der Waals surface area contributed by atoms with Crippen molar-refractivity contribution < 1.29 is 5.11 Å². The molecule has 0 saturated heterocycles. The summed E-state index contributed by atoms with van der Waals surface area (Å²) < 4.78 is 0. The van der Waals surface area contributed by atoms with Crippen LogP contribution in [-0.4, -0.2) is 10.1 Å². The summed E-state index contributed by atoms with van der Waals surface area (Å²) >= 11 is 0. The van der Waals surface area contributed by atoms with Crippen LogP contribution in [0.4, 0.5) is 11.4 Å². The molecular weight excluding hydrogens is 260 g/mol. The molecule has 112 valence electrons. The van der Waals surface area contributed by atoms with E-state index in [-0.39, 0.29) is 11.3 Å². The Balaban J connectivity index is 2.49. The second-order valence-electron chi connectivity index (χ2n) is 6.73. The van der Waals surface area contributed by atoms with Crippen LogP contribution in [0.25, 0.3) is 0 Å². The first-order chi connectivity index (χ1) is 9.79. The van der Waals surface area contributed by atoms with E-state index in [9.17, 15) is 5.11 Å². The molecule has 21 heavy (non-hydrogen) atoms. The summed E-state index contributed by atoms with van der Waals surface area (Å²) in [6.07, 6.45) is 3.54. The maximum Gasteiger partial charge on any atom is 0.122 e. The van der Waals surface area contributed by atoms with Crippen LogP contribution in [0, 0.1) is 0 Å². The van der Waals surface area contributed by atoms with Gasteiger partial charge in [-0.1, -0.05) is 34.6 Å². The van der Waals surface area contributed by atoms with Crippen LogP contribution in [0.2, 0.25) is 0 Å². The molecule has 0 atom stereocenters. The third-order valence-corrected chi connectivity index (χ3v) is 3.52. The summed E-state index contributed by atoms with van der Waals surface area (Å²) in [5.41, 5.74) is 3.74. The fourth-order valence-electron chi connectivity index (χ4n) is 2.34. The lowest BCUT2D eigenvalue weighted by Gasteiger charge is -2.24. The zero-order chi connectivity index (χ0) is 15.6. The Bertz CT molecular complexity index is 613. The van der Waals surface area contributed by atoms with Crippen LogP contribution in [0.5, 0.6) is 5.75 Å². The van der Waals surface area contributed by atoms with Gasteiger partial charge < -0.3 is 10.4 Å². The maximum absolute atomic E-state index is 10.5. The Morgan fingerprint density at radius 3 is 2.38 bits per heavy atom. The molecule has 1 aromatic heterocycles. The number of phenolic OH excluding ortho intramolecular Hbond substituents is 1. The Hall–Kier alpha value is -2.03. The first kappa shape index (κ1) is 15.4. The average molecular weight is 284 g/mol. The van der Waals surface area contributed by atoms with Gasteiger partial charge in [0.2, 0.25) is 0 Å². The predicted molar refractivity (Wildman–Crippen MR) is 88.4 cm³/mol. The van der Waals surface area contributed by atoms with Crippen LogP contribution in [0.15, 0.2) is 36.7 Å². The Morgan fingerprint density at radius 2 is 1.86 bits per heavy atom. The van der Waals surface area contributed by atoms with Crippen molar-refractivity contribution in [3.05, 3.63) is 47.8 Å². The minimum Gasteiger partial charge on any atom is -0.507 e. The van der Waals surface area contributed by atoms with Gasteiger partial charge in [0.05, 0.1) is 11.9 Å². The molecule has 0 aliphatic heterocycles. The Morgan fingerprint density at radius 1 is 1.14 bits per heavy atom. The number of hydrogen-bond donors (Lipinski definition) is 2. The zero-order valence-corrected chi connectivity index (χ0v) is 13.4. The molecule has 1 heterocycles. The largest absolute Gasteiger partial charge is 0.507 e. The molecule has 0 aliphatic carbocycles. The number of nitrogens with one attached hydrogen (secondary N) is 1. The van der Waals surface area contributed by atoms with E-state index in [1.165, 1.54) is 0 Å². The summed E-state index contributed by atoms with van der Waals surface area (Å²) in [5, 5.41) is 13.9. The van der Waals surface area contributed by atoms with Gasteiger partial charge in [0.1, 0.15) is 5.75 Å². The third kappa shape index (κ3) is 3.54. The maximum atomic E-state index is 10.5. The Kier molecular flexibility index (Phi) is 4.21. The fourth-order valence-corrected chi connectivity index (χ4v) is 2.34. The van der Waals surface area contributed by atoms with Crippen LogP contribution < -0.4 is 5.32 Å². The van der Waals surface area contributed by atoms with Crippen LogP contribution in [-0.2, 0) is 5.41 Å². The van der Waals surface area contributed by atoms with Gasteiger partial charge in [-0.2, -0.15) is 0 Å². The van der Waals surface area contributed by atoms with Crippen molar-refractivity contribution in [2.75, 3.05) is 5.32 Å². The molecule has 0 aliphatic rings. The number of aromatic nitrogens is 1. The molecule has 0 fully saturated rings. The van der Waals surface area contributed by atoms with E-state index >= 15 is 0 Å². The molecule has 0 radical (unpaired) electrons. The lowest BCUT2D eigenvalue weighted by molar-refractivity contribution is 0.438. The predicted octanol–water partition coefficient (Wildman–Crippen LogP) is 4.95. The van der Waals surface area contributed by atoms with E-state index in [1.54, 1.807) is 12.4 Å². The molecule has 2 rings (SSSR count). The van der Waals surface area contributed by atoms with E-state index in [1.807, 2.05) is 24.3 Å². The highest BCUT2D eigenvalue weighted by Crippen LogP contribution is 2.39. The van der Waals surface area contributed by atoms with Gasteiger partial charge in [0.15, 0.2) is 0 Å². The van der Waals surface area contributed by atoms with Gasteiger partial charge in [-0.3, -0.25) is 4.98 Å². The molecule has 1 aromatic carbocycles. The minimum atomic E-state index is -0.111. The van der Waals surface area contributed by atoms with Gasteiger partial charge in [-0.15, -0.1) is 0 Å². The zero-order valence-electron chi connectivity index (χ0n) is 13.4. The summed E-state index contributed by atoms with van der Waals surface area (Å²) in [7, 11) is 0. The van der Waals surface area contributed by atoms with E-state index in [0.29, 0.717) is 5.75 Å². The van der Waals surface area contributed by atoms with Crippen molar-refractivity contribution in [2.45, 2.75) is 46.0 Å². The first-order valence-corrected chi connectivity index (χ1v) is 7.33. The lowest BCUT2D eigenvalue weighted by Crippen LogP contribution is -2.13. The molecular formula is C18H24N2O. The number of anilines is 2. The van der Waals surface area contributed by atoms with Gasteiger partial charge >= 0.3 is 0 Å². The number of phenols is 1. The molecule has 0 amide bonds. The molecule has 0 unspecified atom stereocenters. The monoisotopic (exact) mass is 284 g/mol. The highest BCUT2D eigenvalue weighted by atomic mass is 16.3. The van der Waals surface area contributed by atoms with Crippen molar-refractivity contribution in [3.63, 3.8) is 0 Å². The number of pyridine rings is 1. The summed E-state index contributed by atoms with van der Waals surface area (Å²) in [6, 6.07) is 7.92. The molecule has 3 nitrogen and oxygen atoms in total. The van der Waals surface area contributed by atoms with Gasteiger partial charge in [-0.25, -0.2) is 0 Å². The number of benzene rings is 1. The molecule has 0 bridgehead atoms. The molecule has 2 N–H and O–H groups in total. The second kappa shape index (κ2) is 5.76. The van der Waals surface area contributed by atoms with Gasteiger partial charge in [0.25, 0.3) is 0 Å². The van der Waals surface area contributed by atoms with Crippen molar-refractivity contribution in [1.29, 1.82) is 0 Å². The van der Waals surface area contributed by atoms with Crippen molar-refractivity contribution in [3.8, 4) is 5.75 Å². The van der Waals surface area contributed by atoms with Crippen molar-refractivity contribution >= 4 is 11.4 Å². The normalized spacial score (nSPS) is 11.7. The Labute approximate surface area is 127 Å². The number of aromatic hydroxyl groups is 1. The van der Waals surface area contributed by atoms with Gasteiger partial charge in [-0.05, 0) is 41.2 Å². The molecule has 3 heteroatoms. The number of nitrogens with zero attached hydrogens (tertiary/aromatic N) is 1. The second-order valence-corrected chi connectivity index (χ2v) is 6.73. The van der Waals surface area contributed by atoms with E-state index in [2.05, 4.69) is 44.9 Å². The fraction of sp³-hybridized carbons (Fsp3) is 0.389. The van der Waals surface area contributed by atoms with E-state index < -0.39 is 0 Å². The number of rotatable bonds is 3. The van der Waals surface area contributed by atoms with Crippen LogP contribution >= 0.6 is 0 Å². The standard InChI is InChI=1S/C18H24N2O/c1-12(2)15-9-14(20-13-7-6-8-19-11-13)10-16(17(15)21)18(3,4)5/h6-12,20-21H,1-5H3.